The lowest BCUT2D eigenvalue weighted by molar-refractivity contribution is -0.159. The molecule has 0 aromatic rings. The molecule has 122 valence electrons. The number of nitrogens with one attached hydrogen (secondary N) is 1. The van der Waals surface area contributed by atoms with E-state index < -0.39 is 17.5 Å². The van der Waals surface area contributed by atoms with Gasteiger partial charge in [-0.3, -0.25) is 11.3 Å². The van der Waals surface area contributed by atoms with Gasteiger partial charge >= 0.3 is 18.0 Å². The van der Waals surface area contributed by atoms with E-state index in [1.807, 2.05) is 20.8 Å². The summed E-state index contributed by atoms with van der Waals surface area (Å²) in [6.45, 7) is 7.87. The van der Waals surface area contributed by atoms with Crippen molar-refractivity contribution >= 4 is 18.0 Å². The zero-order chi connectivity index (χ0) is 16.6. The minimum absolute atomic E-state index is 0.220. The largest absolute Gasteiger partial charge is 0.473 e. The van der Waals surface area contributed by atoms with E-state index in [0.29, 0.717) is 5.92 Å². The molecule has 0 aliphatic carbocycles. The molecule has 21 heavy (non-hydrogen) atoms. The van der Waals surface area contributed by atoms with Crippen LogP contribution in [0.15, 0.2) is 0 Å². The van der Waals surface area contributed by atoms with Gasteiger partial charge in [-0.15, -0.1) is 0 Å². The van der Waals surface area contributed by atoms with Gasteiger partial charge in [-0.2, -0.15) is 0 Å². The molecule has 5 N–H and O–H groups in total. The van der Waals surface area contributed by atoms with Gasteiger partial charge < -0.3 is 19.8 Å². The molecule has 9 heteroatoms. The second kappa shape index (κ2) is 8.42. The molecular formula is C12H23N3O6. The lowest BCUT2D eigenvalue weighted by atomic mass is 10.1. The summed E-state index contributed by atoms with van der Waals surface area (Å²) >= 11 is 0. The van der Waals surface area contributed by atoms with Crippen molar-refractivity contribution in [3.63, 3.8) is 0 Å². The highest BCUT2D eigenvalue weighted by atomic mass is 16.6. The Kier molecular flexibility index (Phi) is 7.67. The molecule has 0 saturated carbocycles. The second-order valence-corrected chi connectivity index (χ2v) is 5.60. The van der Waals surface area contributed by atoms with Crippen LogP contribution >= 0.6 is 0 Å². The number of carbonyl (C=O) groups excluding carboxylic acids is 1. The van der Waals surface area contributed by atoms with Gasteiger partial charge in [-0.05, 0) is 33.1 Å². The minimum Gasteiger partial charge on any atom is -0.473 e. The Bertz CT molecular complexity index is 368. The Morgan fingerprint density at radius 2 is 1.81 bits per heavy atom. The number of likely N-dealkylation sites (tertiary alicyclic amines) is 1. The van der Waals surface area contributed by atoms with Gasteiger partial charge in [0.15, 0.2) is 0 Å². The van der Waals surface area contributed by atoms with Crippen molar-refractivity contribution in [1.29, 1.82) is 0 Å². The van der Waals surface area contributed by atoms with Gasteiger partial charge in [-0.25, -0.2) is 14.4 Å². The average molecular weight is 305 g/mol. The maximum Gasteiger partial charge on any atom is 0.414 e. The summed E-state index contributed by atoms with van der Waals surface area (Å²) in [6.07, 6.45) is 0.769. The molecule has 1 fully saturated rings. The summed E-state index contributed by atoms with van der Waals surface area (Å²) in [4.78, 5) is 31.6. The van der Waals surface area contributed by atoms with Crippen LogP contribution in [0.3, 0.4) is 0 Å². The third-order valence-corrected chi connectivity index (χ3v) is 2.53. The first-order valence-corrected chi connectivity index (χ1v) is 6.44. The van der Waals surface area contributed by atoms with Crippen molar-refractivity contribution < 1.29 is 29.3 Å². The number of nitrogens with two attached hydrogens (primary N) is 1. The first kappa shape index (κ1) is 19.1. The normalized spacial score (nSPS) is 17.7. The predicted molar refractivity (Wildman–Crippen MR) is 73.4 cm³/mol. The van der Waals surface area contributed by atoms with E-state index in [4.69, 9.17) is 30.4 Å². The number of hydrogen-bond acceptors (Lipinski definition) is 6. The third kappa shape index (κ3) is 8.82. The zero-order valence-corrected chi connectivity index (χ0v) is 12.5. The number of carbonyl (C=O) groups is 3. The van der Waals surface area contributed by atoms with Crippen LogP contribution in [0.25, 0.3) is 0 Å². The van der Waals surface area contributed by atoms with Gasteiger partial charge in [0.2, 0.25) is 0 Å². The predicted octanol–water partition coefficient (Wildman–Crippen LogP) is -0.138. The van der Waals surface area contributed by atoms with Crippen LogP contribution in [0.5, 0.6) is 0 Å². The third-order valence-electron chi connectivity index (χ3n) is 2.53. The van der Waals surface area contributed by atoms with Crippen LogP contribution in [-0.4, -0.2) is 58.4 Å². The Morgan fingerprint density at radius 3 is 2.19 bits per heavy atom. The Hall–Kier alpha value is -1.87. The average Bonchev–Trinajstić information content (AvgIpc) is 2.76. The van der Waals surface area contributed by atoms with Gasteiger partial charge in [0.05, 0.1) is 0 Å². The fraction of sp³-hybridized carbons (Fsp3) is 0.750. The molecule has 1 atom stereocenters. The number of carboxylic acids is 2. The molecule has 1 unspecified atom stereocenters. The fourth-order valence-electron chi connectivity index (χ4n) is 1.66. The number of aliphatic carboxylic acids is 2. The van der Waals surface area contributed by atoms with E-state index in [0.717, 1.165) is 26.1 Å². The molecule has 1 amide bonds. The Labute approximate surface area is 123 Å². The van der Waals surface area contributed by atoms with E-state index in [-0.39, 0.29) is 6.09 Å². The molecule has 0 aromatic carbocycles. The summed E-state index contributed by atoms with van der Waals surface area (Å²) in [5.74, 6) is 2.05. The molecule has 0 spiro atoms. The summed E-state index contributed by atoms with van der Waals surface area (Å²) in [6, 6.07) is 0. The summed E-state index contributed by atoms with van der Waals surface area (Å²) in [5.41, 5.74) is 2.22. The van der Waals surface area contributed by atoms with Gasteiger partial charge in [0, 0.05) is 19.6 Å². The number of hydrazine groups is 1. The summed E-state index contributed by atoms with van der Waals surface area (Å²) in [7, 11) is 0. The summed E-state index contributed by atoms with van der Waals surface area (Å²) < 4.78 is 5.28. The van der Waals surface area contributed by atoms with Crippen molar-refractivity contribution in [2.45, 2.75) is 32.8 Å². The quantitative estimate of drug-likeness (QED) is 0.314. The molecule has 1 heterocycles. The van der Waals surface area contributed by atoms with Gasteiger partial charge in [0.1, 0.15) is 5.60 Å². The number of rotatable bonds is 2. The fourth-order valence-corrected chi connectivity index (χ4v) is 1.66. The number of ether oxygens (including phenoxy) is 1. The maximum atomic E-state index is 11.7. The zero-order valence-electron chi connectivity index (χ0n) is 12.5. The molecular weight excluding hydrogens is 282 g/mol. The van der Waals surface area contributed by atoms with Crippen LogP contribution in [-0.2, 0) is 14.3 Å². The van der Waals surface area contributed by atoms with Crippen molar-refractivity contribution in [1.82, 2.24) is 10.3 Å². The molecule has 1 saturated heterocycles. The molecule has 1 rings (SSSR count). The molecule has 0 radical (unpaired) electrons. The number of nitrogens with zero attached hydrogens (tertiary/aromatic N) is 1. The lowest BCUT2D eigenvalue weighted by Crippen LogP contribution is -2.36. The van der Waals surface area contributed by atoms with E-state index in [1.54, 1.807) is 4.90 Å². The SMILES string of the molecule is CC(C)(C)OC(=O)N1CCC(CNN)C1.O=C(O)C(=O)O. The van der Waals surface area contributed by atoms with Crippen molar-refractivity contribution in [2.75, 3.05) is 19.6 Å². The molecule has 9 nitrogen and oxygen atoms in total. The smallest absolute Gasteiger partial charge is 0.414 e. The topological polar surface area (TPSA) is 142 Å². The van der Waals surface area contributed by atoms with Crippen LogP contribution in [0.4, 0.5) is 4.79 Å². The maximum absolute atomic E-state index is 11.7. The number of amides is 1. The number of hydrogen-bond donors (Lipinski definition) is 4. The van der Waals surface area contributed by atoms with E-state index in [1.165, 1.54) is 0 Å². The first-order chi connectivity index (χ1) is 9.56. The Balaban J connectivity index is 0.000000567. The van der Waals surface area contributed by atoms with Gasteiger partial charge in [-0.1, -0.05) is 0 Å². The van der Waals surface area contributed by atoms with Crippen molar-refractivity contribution in [3.8, 4) is 0 Å². The molecule has 1 aliphatic rings. The first-order valence-electron chi connectivity index (χ1n) is 6.44. The minimum atomic E-state index is -1.82. The standard InChI is InChI=1S/C10H21N3O2.C2H2O4/c1-10(2,3)15-9(14)13-5-4-8(7-13)6-12-11;3-1(4)2(5)6/h8,12H,4-7,11H2,1-3H3;(H,3,4)(H,5,6). The highest BCUT2D eigenvalue weighted by molar-refractivity contribution is 6.27. The van der Waals surface area contributed by atoms with Crippen LogP contribution in [0.1, 0.15) is 27.2 Å². The summed E-state index contributed by atoms with van der Waals surface area (Å²) in [5, 5.41) is 14.8. The molecule has 1 aliphatic heterocycles. The van der Waals surface area contributed by atoms with E-state index >= 15 is 0 Å². The number of carboxylic acid groups (broad SMARTS) is 2. The monoisotopic (exact) mass is 305 g/mol. The van der Waals surface area contributed by atoms with Crippen molar-refractivity contribution in [3.05, 3.63) is 0 Å². The van der Waals surface area contributed by atoms with Gasteiger partial charge in [0.25, 0.3) is 0 Å². The van der Waals surface area contributed by atoms with Crippen molar-refractivity contribution in [2.24, 2.45) is 11.8 Å². The van der Waals surface area contributed by atoms with Crippen LogP contribution in [0, 0.1) is 5.92 Å². The Morgan fingerprint density at radius 1 is 1.29 bits per heavy atom. The highest BCUT2D eigenvalue weighted by Crippen LogP contribution is 2.18. The molecule has 0 bridgehead atoms. The van der Waals surface area contributed by atoms with Crippen LogP contribution in [0.2, 0.25) is 0 Å². The second-order valence-electron chi connectivity index (χ2n) is 5.60. The lowest BCUT2D eigenvalue weighted by Gasteiger charge is -2.24. The van der Waals surface area contributed by atoms with E-state index in [2.05, 4.69) is 5.43 Å². The molecule has 0 aromatic heterocycles. The highest BCUT2D eigenvalue weighted by Gasteiger charge is 2.29. The van der Waals surface area contributed by atoms with E-state index in [9.17, 15) is 4.79 Å². The van der Waals surface area contributed by atoms with Crippen LogP contribution < -0.4 is 11.3 Å².